The summed E-state index contributed by atoms with van der Waals surface area (Å²) in [5, 5.41) is 8.56. The molecule has 0 aliphatic carbocycles. The summed E-state index contributed by atoms with van der Waals surface area (Å²) < 4.78 is 0. The molecule has 0 amide bonds. The van der Waals surface area contributed by atoms with Gasteiger partial charge in [0.15, 0.2) is 0 Å². The van der Waals surface area contributed by atoms with Gasteiger partial charge in [-0.3, -0.25) is 9.78 Å². The Bertz CT molecular complexity index is 547. The van der Waals surface area contributed by atoms with Crippen molar-refractivity contribution in [3.05, 3.63) is 54.2 Å². The van der Waals surface area contributed by atoms with E-state index in [1.807, 2.05) is 18.2 Å². The van der Waals surface area contributed by atoms with Gasteiger partial charge in [0.05, 0.1) is 5.69 Å². The van der Waals surface area contributed by atoms with Crippen molar-refractivity contribution in [1.82, 2.24) is 4.98 Å². The molecular weight excluding hydrogens is 218 g/mol. The van der Waals surface area contributed by atoms with Crippen molar-refractivity contribution in [3.8, 4) is 11.3 Å². The second-order valence-electron chi connectivity index (χ2n) is 3.43. The minimum Gasteiger partial charge on any atom is -0.475 e. The van der Waals surface area contributed by atoms with Gasteiger partial charge in [0.2, 0.25) is 0 Å². The molecule has 4 heteroatoms. The lowest BCUT2D eigenvalue weighted by Crippen LogP contribution is -2.12. The van der Waals surface area contributed by atoms with Gasteiger partial charge in [0.25, 0.3) is 5.78 Å². The van der Waals surface area contributed by atoms with Crippen LogP contribution in [0.3, 0.4) is 0 Å². The standard InChI is InChI=1S/C13H9NO3/c15-12(13(16)17)10-6-4-9(5-7-10)11-3-1-2-8-14-11/h1-8H,(H,16,17). The Balaban J connectivity index is 2.31. The average molecular weight is 227 g/mol. The number of nitrogens with zero attached hydrogens (tertiary/aromatic N) is 1. The van der Waals surface area contributed by atoms with Crippen molar-refractivity contribution < 1.29 is 14.7 Å². The van der Waals surface area contributed by atoms with Crippen LogP contribution in [0.25, 0.3) is 11.3 Å². The molecule has 0 unspecified atom stereocenters. The van der Waals surface area contributed by atoms with Crippen molar-refractivity contribution in [1.29, 1.82) is 0 Å². The second kappa shape index (κ2) is 4.57. The number of Topliss-reactive ketones (excluding diaryl/α,β-unsaturated/α-hetero) is 1. The fraction of sp³-hybridized carbons (Fsp3) is 0. The van der Waals surface area contributed by atoms with E-state index in [-0.39, 0.29) is 5.56 Å². The zero-order valence-electron chi connectivity index (χ0n) is 8.83. The lowest BCUT2D eigenvalue weighted by molar-refractivity contribution is -0.131. The predicted molar refractivity (Wildman–Crippen MR) is 61.6 cm³/mol. The molecule has 17 heavy (non-hydrogen) atoms. The number of rotatable bonds is 3. The van der Waals surface area contributed by atoms with E-state index in [9.17, 15) is 9.59 Å². The molecule has 1 heterocycles. The Morgan fingerprint density at radius 2 is 1.71 bits per heavy atom. The second-order valence-corrected chi connectivity index (χ2v) is 3.43. The molecule has 0 radical (unpaired) electrons. The molecule has 0 bridgehead atoms. The number of carbonyl (C=O) groups is 2. The number of hydrogen-bond acceptors (Lipinski definition) is 3. The van der Waals surface area contributed by atoms with Gasteiger partial charge in [-0.25, -0.2) is 4.79 Å². The number of ketones is 1. The van der Waals surface area contributed by atoms with Gasteiger partial charge < -0.3 is 5.11 Å². The maximum atomic E-state index is 11.2. The van der Waals surface area contributed by atoms with Gasteiger partial charge in [-0.15, -0.1) is 0 Å². The Hall–Kier alpha value is -2.49. The monoisotopic (exact) mass is 227 g/mol. The molecule has 0 saturated heterocycles. The molecular formula is C13H9NO3. The molecule has 1 aromatic heterocycles. The Kier molecular flexibility index (Phi) is 2.96. The zero-order valence-corrected chi connectivity index (χ0v) is 8.83. The van der Waals surface area contributed by atoms with Crippen LogP contribution in [0.5, 0.6) is 0 Å². The van der Waals surface area contributed by atoms with E-state index in [0.717, 1.165) is 11.3 Å². The summed E-state index contributed by atoms with van der Waals surface area (Å²) in [4.78, 5) is 25.8. The van der Waals surface area contributed by atoms with Crippen LogP contribution >= 0.6 is 0 Å². The molecule has 0 saturated carbocycles. The molecule has 1 aromatic carbocycles. The summed E-state index contributed by atoms with van der Waals surface area (Å²) in [6, 6.07) is 11.8. The van der Waals surface area contributed by atoms with E-state index >= 15 is 0 Å². The first-order chi connectivity index (χ1) is 8.18. The van der Waals surface area contributed by atoms with E-state index in [0.29, 0.717) is 0 Å². The van der Waals surface area contributed by atoms with Crippen LogP contribution in [0.1, 0.15) is 10.4 Å². The number of aromatic nitrogens is 1. The SMILES string of the molecule is O=C(O)C(=O)c1ccc(-c2ccccn2)cc1. The van der Waals surface area contributed by atoms with E-state index in [2.05, 4.69) is 4.98 Å². The number of hydrogen-bond donors (Lipinski definition) is 1. The third kappa shape index (κ3) is 2.36. The lowest BCUT2D eigenvalue weighted by atomic mass is 10.1. The predicted octanol–water partition coefficient (Wildman–Crippen LogP) is 2.02. The van der Waals surface area contributed by atoms with Crippen LogP contribution in [0, 0.1) is 0 Å². The number of carboxylic acid groups (broad SMARTS) is 1. The molecule has 0 spiro atoms. The highest BCUT2D eigenvalue weighted by atomic mass is 16.4. The summed E-state index contributed by atoms with van der Waals surface area (Å²) in [5.41, 5.74) is 1.78. The Labute approximate surface area is 97.6 Å². The number of benzene rings is 1. The molecule has 0 fully saturated rings. The van der Waals surface area contributed by atoms with Gasteiger partial charge in [0.1, 0.15) is 0 Å². The summed E-state index contributed by atoms with van der Waals surface area (Å²) in [6.07, 6.45) is 1.67. The highest BCUT2D eigenvalue weighted by Crippen LogP contribution is 2.16. The molecule has 2 aromatic rings. The molecule has 2 rings (SSSR count). The highest BCUT2D eigenvalue weighted by molar-refractivity contribution is 6.39. The Morgan fingerprint density at radius 3 is 2.24 bits per heavy atom. The van der Waals surface area contributed by atoms with Crippen molar-refractivity contribution in [3.63, 3.8) is 0 Å². The fourth-order valence-corrected chi connectivity index (χ4v) is 1.45. The summed E-state index contributed by atoms with van der Waals surface area (Å²) in [6.45, 7) is 0. The molecule has 84 valence electrons. The minimum absolute atomic E-state index is 0.164. The molecule has 4 nitrogen and oxygen atoms in total. The van der Waals surface area contributed by atoms with Crippen LogP contribution in [-0.2, 0) is 4.79 Å². The third-order valence-corrected chi connectivity index (χ3v) is 2.30. The van der Waals surface area contributed by atoms with Crippen molar-refractivity contribution in [2.45, 2.75) is 0 Å². The largest absolute Gasteiger partial charge is 0.475 e. The number of carbonyl (C=O) groups excluding carboxylic acids is 1. The topological polar surface area (TPSA) is 67.3 Å². The van der Waals surface area contributed by atoms with Gasteiger partial charge in [-0.05, 0) is 12.1 Å². The average Bonchev–Trinajstić information content (AvgIpc) is 2.39. The molecule has 0 aliphatic heterocycles. The van der Waals surface area contributed by atoms with Crippen LogP contribution in [-0.4, -0.2) is 21.8 Å². The summed E-state index contributed by atoms with van der Waals surface area (Å²) >= 11 is 0. The minimum atomic E-state index is -1.45. The maximum absolute atomic E-state index is 11.2. The number of pyridine rings is 1. The number of aliphatic carboxylic acids is 1. The molecule has 0 aliphatic rings. The smallest absolute Gasteiger partial charge is 0.377 e. The fourth-order valence-electron chi connectivity index (χ4n) is 1.45. The van der Waals surface area contributed by atoms with Crippen molar-refractivity contribution in [2.75, 3.05) is 0 Å². The zero-order chi connectivity index (χ0) is 12.3. The first-order valence-corrected chi connectivity index (χ1v) is 4.97. The van der Waals surface area contributed by atoms with E-state index in [1.165, 1.54) is 12.1 Å². The maximum Gasteiger partial charge on any atom is 0.377 e. The molecule has 0 atom stereocenters. The number of carboxylic acids is 1. The van der Waals surface area contributed by atoms with Crippen molar-refractivity contribution in [2.24, 2.45) is 0 Å². The van der Waals surface area contributed by atoms with Crippen molar-refractivity contribution >= 4 is 11.8 Å². The van der Waals surface area contributed by atoms with Gasteiger partial charge in [-0.2, -0.15) is 0 Å². The van der Waals surface area contributed by atoms with Crippen LogP contribution < -0.4 is 0 Å². The van der Waals surface area contributed by atoms with Crippen LogP contribution in [0.15, 0.2) is 48.7 Å². The van der Waals surface area contributed by atoms with Crippen LogP contribution in [0.4, 0.5) is 0 Å². The van der Waals surface area contributed by atoms with Crippen LogP contribution in [0.2, 0.25) is 0 Å². The van der Waals surface area contributed by atoms with E-state index < -0.39 is 11.8 Å². The Morgan fingerprint density at radius 1 is 1.00 bits per heavy atom. The summed E-state index contributed by atoms with van der Waals surface area (Å²) in [7, 11) is 0. The van der Waals surface area contributed by atoms with E-state index in [1.54, 1.807) is 18.3 Å². The van der Waals surface area contributed by atoms with E-state index in [4.69, 9.17) is 5.11 Å². The first kappa shape index (κ1) is 11.0. The highest BCUT2D eigenvalue weighted by Gasteiger charge is 2.13. The van der Waals surface area contributed by atoms with Gasteiger partial charge in [-0.1, -0.05) is 30.3 Å². The third-order valence-electron chi connectivity index (χ3n) is 2.30. The van der Waals surface area contributed by atoms with Gasteiger partial charge in [0, 0.05) is 17.3 Å². The quantitative estimate of drug-likeness (QED) is 0.643. The first-order valence-electron chi connectivity index (χ1n) is 4.97. The molecule has 1 N–H and O–H groups in total. The lowest BCUT2D eigenvalue weighted by Gasteiger charge is -2.01. The normalized spacial score (nSPS) is 9.88. The van der Waals surface area contributed by atoms with Gasteiger partial charge >= 0.3 is 5.97 Å². The summed E-state index contributed by atoms with van der Waals surface area (Å²) in [5.74, 6) is -2.35.